The van der Waals surface area contributed by atoms with Crippen molar-refractivity contribution in [3.8, 4) is 0 Å². The van der Waals surface area contributed by atoms with E-state index >= 15 is 0 Å². The topological polar surface area (TPSA) is 94.9 Å². The summed E-state index contributed by atoms with van der Waals surface area (Å²) in [5.41, 5.74) is 0. The number of hydrogen-bond donors (Lipinski definition) is 2. The van der Waals surface area contributed by atoms with E-state index in [1.54, 1.807) is 17.5 Å². The van der Waals surface area contributed by atoms with Gasteiger partial charge in [0.1, 0.15) is 6.04 Å². The molecule has 0 saturated heterocycles. The number of aliphatic carboxylic acids is 2. The van der Waals surface area contributed by atoms with Crippen LogP contribution in [0.3, 0.4) is 0 Å². The highest BCUT2D eigenvalue weighted by molar-refractivity contribution is 7.12. The van der Waals surface area contributed by atoms with Gasteiger partial charge in [0.2, 0.25) is 0 Å². The first-order valence-electron chi connectivity index (χ1n) is 5.64. The Morgan fingerprint density at radius 1 is 1.26 bits per heavy atom. The van der Waals surface area contributed by atoms with Gasteiger partial charge in [-0.3, -0.25) is 9.59 Å². The third kappa shape index (κ3) is 3.78. The Labute approximate surface area is 114 Å². The zero-order valence-corrected chi connectivity index (χ0v) is 11.4. The standard InChI is InChI=1S/C12H15NO5S/c1-7(11(15)16)6-13(8(2)12(17)18)10(14)9-4-3-5-19-9/h3-5,7-8H,6H2,1-2H3,(H,15,16)(H,17,18). The Kier molecular flexibility index (Phi) is 5.05. The molecule has 1 aromatic rings. The number of carboxylic acid groups (broad SMARTS) is 2. The van der Waals surface area contributed by atoms with E-state index in [-0.39, 0.29) is 6.54 Å². The van der Waals surface area contributed by atoms with E-state index in [1.807, 2.05) is 0 Å². The predicted octanol–water partition coefficient (Wildman–Crippen LogP) is 1.38. The number of hydrogen-bond acceptors (Lipinski definition) is 4. The Morgan fingerprint density at radius 3 is 2.32 bits per heavy atom. The maximum Gasteiger partial charge on any atom is 0.326 e. The summed E-state index contributed by atoms with van der Waals surface area (Å²) in [6.07, 6.45) is 0. The fraction of sp³-hybridized carbons (Fsp3) is 0.417. The van der Waals surface area contributed by atoms with Crippen molar-refractivity contribution < 1.29 is 24.6 Å². The van der Waals surface area contributed by atoms with Gasteiger partial charge in [-0.25, -0.2) is 4.79 Å². The molecule has 0 spiro atoms. The molecular formula is C12H15NO5S. The molecule has 2 unspecified atom stereocenters. The van der Waals surface area contributed by atoms with Crippen LogP contribution in [0.1, 0.15) is 23.5 Å². The molecule has 1 aromatic heterocycles. The number of carbonyl (C=O) groups excluding carboxylic acids is 1. The molecule has 0 radical (unpaired) electrons. The normalized spacial score (nSPS) is 13.6. The van der Waals surface area contributed by atoms with Crippen molar-refractivity contribution in [2.75, 3.05) is 6.54 Å². The van der Waals surface area contributed by atoms with Crippen LogP contribution in [0.5, 0.6) is 0 Å². The van der Waals surface area contributed by atoms with Gasteiger partial charge in [0, 0.05) is 6.54 Å². The quantitative estimate of drug-likeness (QED) is 0.823. The SMILES string of the molecule is CC(CN(C(=O)c1cccs1)C(C)C(=O)O)C(=O)O. The summed E-state index contributed by atoms with van der Waals surface area (Å²) in [7, 11) is 0. The minimum Gasteiger partial charge on any atom is -0.481 e. The van der Waals surface area contributed by atoms with Gasteiger partial charge in [0.25, 0.3) is 5.91 Å². The van der Waals surface area contributed by atoms with Crippen LogP contribution >= 0.6 is 11.3 Å². The van der Waals surface area contributed by atoms with Crippen LogP contribution in [0.2, 0.25) is 0 Å². The second-order valence-electron chi connectivity index (χ2n) is 4.19. The van der Waals surface area contributed by atoms with Crippen LogP contribution in [-0.4, -0.2) is 45.5 Å². The lowest BCUT2D eigenvalue weighted by molar-refractivity contribution is -0.145. The summed E-state index contributed by atoms with van der Waals surface area (Å²) in [6, 6.07) is 2.19. The van der Waals surface area contributed by atoms with E-state index in [1.165, 1.54) is 25.2 Å². The monoisotopic (exact) mass is 285 g/mol. The first-order valence-corrected chi connectivity index (χ1v) is 6.52. The van der Waals surface area contributed by atoms with Crippen molar-refractivity contribution >= 4 is 29.2 Å². The number of carboxylic acids is 2. The number of rotatable bonds is 6. The van der Waals surface area contributed by atoms with Crippen molar-refractivity contribution in [1.29, 1.82) is 0 Å². The van der Waals surface area contributed by atoms with Gasteiger partial charge in [-0.2, -0.15) is 0 Å². The van der Waals surface area contributed by atoms with E-state index < -0.39 is 29.8 Å². The Bertz CT molecular complexity index is 470. The fourth-order valence-electron chi connectivity index (χ4n) is 1.47. The number of thiophene rings is 1. The van der Waals surface area contributed by atoms with E-state index in [4.69, 9.17) is 10.2 Å². The van der Waals surface area contributed by atoms with E-state index in [2.05, 4.69) is 0 Å². The smallest absolute Gasteiger partial charge is 0.326 e. The van der Waals surface area contributed by atoms with Gasteiger partial charge in [-0.1, -0.05) is 13.0 Å². The molecule has 6 nitrogen and oxygen atoms in total. The third-order valence-electron chi connectivity index (χ3n) is 2.71. The first-order chi connectivity index (χ1) is 8.84. The molecule has 0 fully saturated rings. The molecular weight excluding hydrogens is 270 g/mol. The minimum absolute atomic E-state index is 0.139. The summed E-state index contributed by atoms with van der Waals surface area (Å²) < 4.78 is 0. The van der Waals surface area contributed by atoms with Crippen molar-refractivity contribution in [2.45, 2.75) is 19.9 Å². The van der Waals surface area contributed by atoms with Crippen LogP contribution in [0.15, 0.2) is 17.5 Å². The zero-order valence-electron chi connectivity index (χ0n) is 10.6. The molecule has 0 aliphatic heterocycles. The minimum atomic E-state index is -1.16. The number of nitrogens with zero attached hydrogens (tertiary/aromatic N) is 1. The molecule has 19 heavy (non-hydrogen) atoms. The van der Waals surface area contributed by atoms with Gasteiger partial charge >= 0.3 is 11.9 Å². The molecule has 2 atom stereocenters. The average Bonchev–Trinajstić information content (AvgIpc) is 2.87. The highest BCUT2D eigenvalue weighted by Gasteiger charge is 2.29. The molecule has 2 N–H and O–H groups in total. The molecule has 104 valence electrons. The first kappa shape index (κ1) is 15.2. The second kappa shape index (κ2) is 6.33. The molecule has 0 aliphatic rings. The Balaban J connectivity index is 2.95. The maximum atomic E-state index is 12.2. The molecule has 1 amide bonds. The fourth-order valence-corrected chi connectivity index (χ4v) is 2.14. The lowest BCUT2D eigenvalue weighted by atomic mass is 10.1. The van der Waals surface area contributed by atoms with Gasteiger partial charge in [0.05, 0.1) is 10.8 Å². The summed E-state index contributed by atoms with van der Waals surface area (Å²) in [4.78, 5) is 35.5. The molecule has 0 aromatic carbocycles. The molecule has 7 heteroatoms. The van der Waals surface area contributed by atoms with Gasteiger partial charge < -0.3 is 15.1 Å². The molecule has 0 saturated carbocycles. The lowest BCUT2D eigenvalue weighted by Crippen LogP contribution is -2.46. The number of amides is 1. The summed E-state index contributed by atoms with van der Waals surface area (Å²) in [6.45, 7) is 2.66. The largest absolute Gasteiger partial charge is 0.481 e. The second-order valence-corrected chi connectivity index (χ2v) is 5.14. The third-order valence-corrected chi connectivity index (χ3v) is 3.57. The number of carbonyl (C=O) groups is 3. The van der Waals surface area contributed by atoms with Gasteiger partial charge in [-0.05, 0) is 18.4 Å². The van der Waals surface area contributed by atoms with Crippen LogP contribution in [-0.2, 0) is 9.59 Å². The summed E-state index contributed by atoms with van der Waals surface area (Å²) >= 11 is 1.19. The highest BCUT2D eigenvalue weighted by Crippen LogP contribution is 2.16. The lowest BCUT2D eigenvalue weighted by Gasteiger charge is -2.27. The zero-order chi connectivity index (χ0) is 14.6. The molecule has 0 aliphatic carbocycles. The summed E-state index contributed by atoms with van der Waals surface area (Å²) in [5.74, 6) is -3.52. The Hall–Kier alpha value is -1.89. The Morgan fingerprint density at radius 2 is 1.89 bits per heavy atom. The van der Waals surface area contributed by atoms with Gasteiger partial charge in [-0.15, -0.1) is 11.3 Å². The van der Waals surface area contributed by atoms with Gasteiger partial charge in [0.15, 0.2) is 0 Å². The molecule has 1 heterocycles. The molecule has 1 rings (SSSR count). The van der Waals surface area contributed by atoms with Crippen LogP contribution in [0.4, 0.5) is 0 Å². The van der Waals surface area contributed by atoms with E-state index in [9.17, 15) is 14.4 Å². The predicted molar refractivity (Wildman–Crippen MR) is 69.3 cm³/mol. The highest BCUT2D eigenvalue weighted by atomic mass is 32.1. The van der Waals surface area contributed by atoms with Crippen molar-refractivity contribution in [2.24, 2.45) is 5.92 Å². The summed E-state index contributed by atoms with van der Waals surface area (Å²) in [5, 5.41) is 19.6. The van der Waals surface area contributed by atoms with Crippen LogP contribution in [0.25, 0.3) is 0 Å². The van der Waals surface area contributed by atoms with E-state index in [0.29, 0.717) is 4.88 Å². The van der Waals surface area contributed by atoms with Crippen molar-refractivity contribution in [3.63, 3.8) is 0 Å². The molecule has 0 bridgehead atoms. The van der Waals surface area contributed by atoms with E-state index in [0.717, 1.165) is 4.90 Å². The average molecular weight is 285 g/mol. The van der Waals surface area contributed by atoms with Crippen LogP contribution in [0, 0.1) is 5.92 Å². The van der Waals surface area contributed by atoms with Crippen molar-refractivity contribution in [1.82, 2.24) is 4.90 Å². The maximum absolute atomic E-state index is 12.2. The van der Waals surface area contributed by atoms with Crippen molar-refractivity contribution in [3.05, 3.63) is 22.4 Å². The van der Waals surface area contributed by atoms with Crippen LogP contribution < -0.4 is 0 Å².